The summed E-state index contributed by atoms with van der Waals surface area (Å²) in [5, 5.41) is 12.2. The maximum absolute atomic E-state index is 13.1. The first kappa shape index (κ1) is 23.4. The third-order valence-corrected chi connectivity index (χ3v) is 7.99. The summed E-state index contributed by atoms with van der Waals surface area (Å²) in [6.07, 6.45) is 3.17. The fourth-order valence-corrected chi connectivity index (χ4v) is 5.96. The first-order chi connectivity index (χ1) is 16.9. The second-order valence-electron chi connectivity index (χ2n) is 10.4. The molecule has 2 amide bonds. The summed E-state index contributed by atoms with van der Waals surface area (Å²) < 4.78 is 5.65. The molecule has 0 unspecified atom stereocenters. The van der Waals surface area contributed by atoms with E-state index >= 15 is 0 Å². The van der Waals surface area contributed by atoms with E-state index in [2.05, 4.69) is 29.6 Å². The van der Waals surface area contributed by atoms with E-state index in [0.717, 1.165) is 25.7 Å². The monoisotopic (exact) mass is 476 g/mol. The number of carbonyl (C=O) groups excluding carboxylic acids is 2. The van der Waals surface area contributed by atoms with Gasteiger partial charge in [-0.25, -0.2) is 4.79 Å². The Balaban J connectivity index is 1.16. The molecule has 7 heteroatoms. The number of hydrogen-bond donors (Lipinski definition) is 2. The molecule has 5 rings (SSSR count). The van der Waals surface area contributed by atoms with Crippen LogP contribution in [0, 0.1) is 17.3 Å². The van der Waals surface area contributed by atoms with Crippen LogP contribution in [-0.2, 0) is 14.3 Å². The van der Waals surface area contributed by atoms with Crippen LogP contribution in [0.25, 0.3) is 11.1 Å². The highest BCUT2D eigenvalue weighted by molar-refractivity contribution is 5.85. The van der Waals surface area contributed by atoms with Crippen LogP contribution in [0.15, 0.2) is 48.5 Å². The summed E-state index contributed by atoms with van der Waals surface area (Å²) in [6.45, 7) is 2.83. The molecule has 2 aliphatic carbocycles. The molecule has 0 bridgehead atoms. The lowest BCUT2D eigenvalue weighted by atomic mass is 9.75. The molecule has 3 aliphatic rings. The number of nitrogens with one attached hydrogen (secondary N) is 1. The highest BCUT2D eigenvalue weighted by Gasteiger charge is 2.49. The molecular formula is C28H32N2O5. The van der Waals surface area contributed by atoms with Gasteiger partial charge < -0.3 is 20.1 Å². The van der Waals surface area contributed by atoms with Crippen molar-refractivity contribution < 1.29 is 24.2 Å². The lowest BCUT2D eigenvalue weighted by Gasteiger charge is -2.47. The minimum atomic E-state index is -0.862. The maximum Gasteiger partial charge on any atom is 0.407 e. The fourth-order valence-electron chi connectivity index (χ4n) is 5.96. The third-order valence-electron chi connectivity index (χ3n) is 7.99. The lowest BCUT2D eigenvalue weighted by Crippen LogP contribution is -2.62. The van der Waals surface area contributed by atoms with Crippen LogP contribution in [0.2, 0.25) is 0 Å². The van der Waals surface area contributed by atoms with Gasteiger partial charge in [0, 0.05) is 31.5 Å². The van der Waals surface area contributed by atoms with Crippen LogP contribution in [0.3, 0.4) is 0 Å². The Morgan fingerprint density at radius 2 is 1.60 bits per heavy atom. The number of carbonyl (C=O) groups is 3. The summed E-state index contributed by atoms with van der Waals surface area (Å²) >= 11 is 0. The molecule has 2 atom stereocenters. The Hall–Kier alpha value is -3.35. The average molecular weight is 477 g/mol. The summed E-state index contributed by atoms with van der Waals surface area (Å²) in [5.74, 6) is -0.988. The molecule has 35 heavy (non-hydrogen) atoms. The fraction of sp³-hybridized carbons (Fsp3) is 0.464. The van der Waals surface area contributed by atoms with E-state index in [9.17, 15) is 19.5 Å². The number of amides is 2. The molecule has 2 aromatic carbocycles. The predicted molar refractivity (Wildman–Crippen MR) is 131 cm³/mol. The van der Waals surface area contributed by atoms with E-state index in [0.29, 0.717) is 6.54 Å². The number of carboxylic acids is 1. The molecule has 2 N–H and O–H groups in total. The van der Waals surface area contributed by atoms with Crippen LogP contribution in [0.1, 0.15) is 49.7 Å². The van der Waals surface area contributed by atoms with E-state index in [1.807, 2.05) is 24.3 Å². The Morgan fingerprint density at radius 1 is 1.00 bits per heavy atom. The van der Waals surface area contributed by atoms with E-state index in [1.165, 1.54) is 22.3 Å². The Bertz CT molecular complexity index is 1090. The number of benzene rings is 2. The van der Waals surface area contributed by atoms with Gasteiger partial charge in [-0.1, -0.05) is 61.4 Å². The van der Waals surface area contributed by atoms with Gasteiger partial charge in [-0.15, -0.1) is 0 Å². The number of ether oxygens (including phenoxy) is 1. The number of hydrogen-bond acceptors (Lipinski definition) is 4. The Morgan fingerprint density at radius 3 is 2.23 bits per heavy atom. The van der Waals surface area contributed by atoms with Crippen molar-refractivity contribution in [3.63, 3.8) is 0 Å². The maximum atomic E-state index is 13.1. The molecule has 0 radical (unpaired) electrons. The normalized spacial score (nSPS) is 22.5. The van der Waals surface area contributed by atoms with E-state index < -0.39 is 17.5 Å². The Kier molecular flexibility index (Phi) is 6.26. The van der Waals surface area contributed by atoms with Crippen molar-refractivity contribution in [3.05, 3.63) is 59.7 Å². The minimum absolute atomic E-state index is 0.00659. The number of likely N-dealkylation sites (tertiary alicyclic amines) is 1. The van der Waals surface area contributed by atoms with Gasteiger partial charge in [-0.3, -0.25) is 9.59 Å². The molecule has 1 aliphatic heterocycles. The molecule has 1 saturated carbocycles. The molecule has 1 heterocycles. The second-order valence-corrected chi connectivity index (χ2v) is 10.4. The molecule has 1 saturated heterocycles. The lowest BCUT2D eigenvalue weighted by molar-refractivity contribution is -0.166. The molecule has 0 aromatic heterocycles. The summed E-state index contributed by atoms with van der Waals surface area (Å²) in [6, 6.07) is 16.4. The van der Waals surface area contributed by atoms with Crippen molar-refractivity contribution in [2.45, 2.75) is 38.5 Å². The number of nitrogens with zero attached hydrogens (tertiary/aromatic N) is 1. The quantitative estimate of drug-likeness (QED) is 0.649. The van der Waals surface area contributed by atoms with E-state index in [4.69, 9.17) is 4.74 Å². The molecule has 7 nitrogen and oxygen atoms in total. The van der Waals surface area contributed by atoms with Crippen LogP contribution in [0.5, 0.6) is 0 Å². The van der Waals surface area contributed by atoms with Gasteiger partial charge in [0.05, 0.1) is 5.41 Å². The van der Waals surface area contributed by atoms with Crippen LogP contribution < -0.4 is 5.32 Å². The summed E-state index contributed by atoms with van der Waals surface area (Å²) in [7, 11) is 0. The van der Waals surface area contributed by atoms with Crippen molar-refractivity contribution in [3.8, 4) is 11.1 Å². The number of alkyl carbamates (subject to hydrolysis) is 1. The molecule has 2 aromatic rings. The average Bonchev–Trinajstić information content (AvgIpc) is 3.17. The van der Waals surface area contributed by atoms with Gasteiger partial charge in [0.15, 0.2) is 0 Å². The molecule has 184 valence electrons. The standard InChI is InChI=1S/C28H32N2O5/c1-28(26(32)33)16-30(17-28)25(31)19-9-3-2-8-18(19)14-29-27(34)35-15-24-22-12-6-4-10-20(22)21-11-5-7-13-23(21)24/h4-7,10-13,18-19,24H,2-3,8-9,14-17H2,1H3,(H,29,34)(H,32,33)/t18-,19-/m0/s1. The summed E-state index contributed by atoms with van der Waals surface area (Å²) in [5.41, 5.74) is 3.86. The summed E-state index contributed by atoms with van der Waals surface area (Å²) in [4.78, 5) is 38.7. The van der Waals surface area contributed by atoms with Gasteiger partial charge in [0.1, 0.15) is 6.61 Å². The third kappa shape index (κ3) is 4.40. The van der Waals surface area contributed by atoms with Crippen LogP contribution in [-0.4, -0.2) is 54.2 Å². The SMILES string of the molecule is CC1(C(=O)O)CN(C(=O)[C@H]2CCCC[C@H]2CNC(=O)OCC2c3ccccc3-c3ccccc32)C1. The number of aliphatic carboxylic acids is 1. The highest BCUT2D eigenvalue weighted by atomic mass is 16.5. The van der Waals surface area contributed by atoms with Gasteiger partial charge in [-0.2, -0.15) is 0 Å². The first-order valence-electron chi connectivity index (χ1n) is 12.5. The van der Waals surface area contributed by atoms with E-state index in [-0.39, 0.29) is 43.4 Å². The Labute approximate surface area is 205 Å². The smallest absolute Gasteiger partial charge is 0.407 e. The van der Waals surface area contributed by atoms with Gasteiger partial charge in [0.2, 0.25) is 5.91 Å². The number of carboxylic acid groups (broad SMARTS) is 1. The van der Waals surface area contributed by atoms with Crippen LogP contribution in [0.4, 0.5) is 4.79 Å². The minimum Gasteiger partial charge on any atom is -0.481 e. The van der Waals surface area contributed by atoms with Crippen LogP contribution >= 0.6 is 0 Å². The van der Waals surface area contributed by atoms with E-state index in [1.54, 1.807) is 11.8 Å². The zero-order valence-corrected chi connectivity index (χ0v) is 20.0. The molecule has 0 spiro atoms. The van der Waals surface area contributed by atoms with Crippen molar-refractivity contribution in [1.82, 2.24) is 10.2 Å². The first-order valence-corrected chi connectivity index (χ1v) is 12.5. The zero-order valence-electron chi connectivity index (χ0n) is 20.0. The van der Waals surface area contributed by atoms with Gasteiger partial charge in [0.25, 0.3) is 0 Å². The number of rotatable bonds is 6. The number of fused-ring (bicyclic) bond motifs is 3. The van der Waals surface area contributed by atoms with Crippen molar-refractivity contribution in [2.24, 2.45) is 17.3 Å². The van der Waals surface area contributed by atoms with Gasteiger partial charge in [-0.05, 0) is 47.9 Å². The van der Waals surface area contributed by atoms with Crippen molar-refractivity contribution in [2.75, 3.05) is 26.2 Å². The predicted octanol–water partition coefficient (Wildman–Crippen LogP) is 4.26. The largest absolute Gasteiger partial charge is 0.481 e. The molecular weight excluding hydrogens is 444 g/mol. The van der Waals surface area contributed by atoms with Crippen molar-refractivity contribution in [1.29, 1.82) is 0 Å². The second kappa shape index (κ2) is 9.36. The molecule has 2 fully saturated rings. The van der Waals surface area contributed by atoms with Crippen molar-refractivity contribution >= 4 is 18.0 Å². The van der Waals surface area contributed by atoms with Gasteiger partial charge >= 0.3 is 12.1 Å². The zero-order chi connectivity index (χ0) is 24.6. The topological polar surface area (TPSA) is 95.9 Å². The highest BCUT2D eigenvalue weighted by Crippen LogP contribution is 2.44.